The second kappa shape index (κ2) is 6.31. The van der Waals surface area contributed by atoms with Gasteiger partial charge in [-0.15, -0.1) is 0 Å². The maximum Gasteiger partial charge on any atom is 0.136 e. The molecular weight excluding hydrogens is 280 g/mol. The lowest BCUT2D eigenvalue weighted by Gasteiger charge is -2.08. The minimum Gasteiger partial charge on any atom is -0.377 e. The van der Waals surface area contributed by atoms with E-state index in [-0.39, 0.29) is 5.92 Å². The highest BCUT2D eigenvalue weighted by Crippen LogP contribution is 2.24. The van der Waals surface area contributed by atoms with E-state index in [2.05, 4.69) is 15.9 Å². The van der Waals surface area contributed by atoms with Gasteiger partial charge in [0.15, 0.2) is 0 Å². The molecule has 2 nitrogen and oxygen atoms in total. The standard InChI is InChI=1S/C14H17BrO2/c15-13-6-4-11(5-7-13)10-17-9-8-12-2-1-3-14(12)16/h4-7,12H,1-3,8-10H2. The first-order valence-corrected chi connectivity index (χ1v) is 6.90. The van der Waals surface area contributed by atoms with Crippen LogP contribution in [0.15, 0.2) is 28.7 Å². The Kier molecular flexibility index (Phi) is 4.75. The Labute approximate surface area is 110 Å². The average Bonchev–Trinajstić information content (AvgIpc) is 2.73. The molecule has 0 heterocycles. The highest BCUT2D eigenvalue weighted by atomic mass is 79.9. The molecule has 1 atom stereocenters. The summed E-state index contributed by atoms with van der Waals surface area (Å²) in [6.45, 7) is 1.32. The summed E-state index contributed by atoms with van der Waals surface area (Å²) in [7, 11) is 0. The fourth-order valence-corrected chi connectivity index (χ4v) is 2.45. The first-order chi connectivity index (χ1) is 8.25. The third-order valence-electron chi connectivity index (χ3n) is 3.22. The first kappa shape index (κ1) is 12.8. The lowest BCUT2D eigenvalue weighted by Crippen LogP contribution is -2.09. The number of rotatable bonds is 5. The Bertz CT molecular complexity index is 372. The fraction of sp³-hybridized carbons (Fsp3) is 0.500. The minimum atomic E-state index is 0.264. The molecule has 1 aromatic carbocycles. The Balaban J connectivity index is 1.66. The van der Waals surface area contributed by atoms with Crippen LogP contribution in [0.25, 0.3) is 0 Å². The van der Waals surface area contributed by atoms with Gasteiger partial charge in [-0.05, 0) is 37.0 Å². The molecule has 0 aromatic heterocycles. The van der Waals surface area contributed by atoms with Gasteiger partial charge in [0.05, 0.1) is 6.61 Å². The number of carbonyl (C=O) groups is 1. The summed E-state index contributed by atoms with van der Waals surface area (Å²) in [5.41, 5.74) is 1.17. The largest absolute Gasteiger partial charge is 0.377 e. The van der Waals surface area contributed by atoms with E-state index in [1.165, 1.54) is 5.56 Å². The Morgan fingerprint density at radius 1 is 1.29 bits per heavy atom. The normalized spacial score (nSPS) is 19.8. The maximum atomic E-state index is 11.4. The highest BCUT2D eigenvalue weighted by molar-refractivity contribution is 9.10. The van der Waals surface area contributed by atoms with Crippen LogP contribution in [0.5, 0.6) is 0 Å². The van der Waals surface area contributed by atoms with Gasteiger partial charge < -0.3 is 4.74 Å². The number of hydrogen-bond donors (Lipinski definition) is 0. The second-order valence-electron chi connectivity index (χ2n) is 4.52. The fourth-order valence-electron chi connectivity index (χ4n) is 2.19. The van der Waals surface area contributed by atoms with Crippen molar-refractivity contribution in [2.75, 3.05) is 6.61 Å². The summed E-state index contributed by atoms with van der Waals surface area (Å²) < 4.78 is 6.68. The van der Waals surface area contributed by atoms with E-state index in [1.807, 2.05) is 24.3 Å². The lowest BCUT2D eigenvalue weighted by molar-refractivity contribution is -0.121. The Morgan fingerprint density at radius 2 is 2.06 bits per heavy atom. The molecule has 0 saturated heterocycles. The van der Waals surface area contributed by atoms with Gasteiger partial charge in [-0.1, -0.05) is 28.1 Å². The van der Waals surface area contributed by atoms with Gasteiger partial charge in [0.25, 0.3) is 0 Å². The molecule has 2 rings (SSSR count). The van der Waals surface area contributed by atoms with Gasteiger partial charge in [0, 0.05) is 23.4 Å². The van der Waals surface area contributed by atoms with E-state index in [0.717, 1.165) is 30.2 Å². The van der Waals surface area contributed by atoms with Gasteiger partial charge in [0.1, 0.15) is 5.78 Å². The number of halogens is 1. The molecule has 1 aliphatic carbocycles. The monoisotopic (exact) mass is 296 g/mol. The minimum absolute atomic E-state index is 0.264. The van der Waals surface area contributed by atoms with Crippen LogP contribution in [0.1, 0.15) is 31.2 Å². The molecule has 0 amide bonds. The summed E-state index contributed by atoms with van der Waals surface area (Å²) in [4.78, 5) is 11.4. The molecule has 17 heavy (non-hydrogen) atoms. The molecule has 0 spiro atoms. The van der Waals surface area contributed by atoms with Crippen LogP contribution in [-0.4, -0.2) is 12.4 Å². The van der Waals surface area contributed by atoms with Crippen molar-refractivity contribution in [1.29, 1.82) is 0 Å². The molecule has 1 aromatic rings. The third-order valence-corrected chi connectivity index (χ3v) is 3.75. The number of ketones is 1. The molecule has 1 aliphatic rings. The van der Waals surface area contributed by atoms with E-state index in [9.17, 15) is 4.79 Å². The van der Waals surface area contributed by atoms with Crippen molar-refractivity contribution in [2.24, 2.45) is 5.92 Å². The van der Waals surface area contributed by atoms with Gasteiger partial charge in [-0.25, -0.2) is 0 Å². The number of Topliss-reactive ketones (excluding diaryl/α,β-unsaturated/α-hetero) is 1. The molecule has 92 valence electrons. The molecule has 0 N–H and O–H groups in total. The molecule has 0 bridgehead atoms. The van der Waals surface area contributed by atoms with Crippen molar-refractivity contribution in [3.63, 3.8) is 0 Å². The summed E-state index contributed by atoms with van der Waals surface area (Å²) in [6.07, 6.45) is 3.78. The molecule has 3 heteroatoms. The van der Waals surface area contributed by atoms with Crippen LogP contribution < -0.4 is 0 Å². The smallest absolute Gasteiger partial charge is 0.136 e. The third kappa shape index (κ3) is 3.93. The number of hydrogen-bond acceptors (Lipinski definition) is 2. The number of carbonyl (C=O) groups excluding carboxylic acids is 1. The van der Waals surface area contributed by atoms with Gasteiger partial charge in [-0.3, -0.25) is 4.79 Å². The van der Waals surface area contributed by atoms with Crippen molar-refractivity contribution in [3.8, 4) is 0 Å². The zero-order valence-corrected chi connectivity index (χ0v) is 11.4. The molecular formula is C14H17BrO2. The Morgan fingerprint density at radius 3 is 2.71 bits per heavy atom. The quantitative estimate of drug-likeness (QED) is 0.774. The van der Waals surface area contributed by atoms with Crippen LogP contribution >= 0.6 is 15.9 Å². The lowest BCUT2D eigenvalue weighted by atomic mass is 10.0. The van der Waals surface area contributed by atoms with E-state index in [0.29, 0.717) is 19.0 Å². The van der Waals surface area contributed by atoms with Gasteiger partial charge in [0.2, 0.25) is 0 Å². The SMILES string of the molecule is O=C1CCCC1CCOCc1ccc(Br)cc1. The van der Waals surface area contributed by atoms with Crippen molar-refractivity contribution in [2.45, 2.75) is 32.3 Å². The first-order valence-electron chi connectivity index (χ1n) is 6.10. The summed E-state index contributed by atoms with van der Waals surface area (Å²) in [6, 6.07) is 8.12. The molecule has 1 unspecified atom stereocenters. The van der Waals surface area contributed by atoms with Crippen molar-refractivity contribution < 1.29 is 9.53 Å². The van der Waals surface area contributed by atoms with Gasteiger partial charge >= 0.3 is 0 Å². The van der Waals surface area contributed by atoms with E-state index in [1.54, 1.807) is 0 Å². The van der Waals surface area contributed by atoms with E-state index < -0.39 is 0 Å². The zero-order chi connectivity index (χ0) is 12.1. The van der Waals surface area contributed by atoms with Crippen LogP contribution in [-0.2, 0) is 16.1 Å². The van der Waals surface area contributed by atoms with Crippen LogP contribution in [0.2, 0.25) is 0 Å². The van der Waals surface area contributed by atoms with Crippen molar-refractivity contribution >= 4 is 21.7 Å². The van der Waals surface area contributed by atoms with E-state index >= 15 is 0 Å². The average molecular weight is 297 g/mol. The summed E-state index contributed by atoms with van der Waals surface area (Å²) >= 11 is 3.40. The maximum absolute atomic E-state index is 11.4. The van der Waals surface area contributed by atoms with Crippen LogP contribution in [0.4, 0.5) is 0 Å². The number of ether oxygens (including phenoxy) is 1. The molecule has 0 aliphatic heterocycles. The predicted octanol–water partition coefficient (Wildman–Crippen LogP) is 3.73. The van der Waals surface area contributed by atoms with E-state index in [4.69, 9.17) is 4.74 Å². The number of benzene rings is 1. The van der Waals surface area contributed by atoms with Crippen LogP contribution in [0, 0.1) is 5.92 Å². The zero-order valence-electron chi connectivity index (χ0n) is 9.82. The molecule has 1 saturated carbocycles. The second-order valence-corrected chi connectivity index (χ2v) is 5.44. The summed E-state index contributed by atoms with van der Waals surface area (Å²) in [5, 5.41) is 0. The highest BCUT2D eigenvalue weighted by Gasteiger charge is 2.23. The van der Waals surface area contributed by atoms with Crippen LogP contribution in [0.3, 0.4) is 0 Å². The topological polar surface area (TPSA) is 26.3 Å². The molecule has 0 radical (unpaired) electrons. The van der Waals surface area contributed by atoms with Crippen molar-refractivity contribution in [1.82, 2.24) is 0 Å². The van der Waals surface area contributed by atoms with Crippen molar-refractivity contribution in [3.05, 3.63) is 34.3 Å². The predicted molar refractivity (Wildman–Crippen MR) is 70.8 cm³/mol. The Hall–Kier alpha value is -0.670. The van der Waals surface area contributed by atoms with Gasteiger partial charge in [-0.2, -0.15) is 0 Å². The molecule has 1 fully saturated rings. The summed E-state index contributed by atoms with van der Waals surface area (Å²) in [5.74, 6) is 0.692.